The minimum absolute atomic E-state index is 0.0104. The van der Waals surface area contributed by atoms with Crippen molar-refractivity contribution in [1.29, 1.82) is 0 Å². The van der Waals surface area contributed by atoms with Crippen molar-refractivity contribution in [3.05, 3.63) is 0 Å². The summed E-state index contributed by atoms with van der Waals surface area (Å²) in [6.07, 6.45) is 5.84. The van der Waals surface area contributed by atoms with Gasteiger partial charge in [0.1, 0.15) is 11.2 Å². The Morgan fingerprint density at radius 3 is 2.06 bits per heavy atom. The summed E-state index contributed by atoms with van der Waals surface area (Å²) in [4.78, 5) is 10.4. The number of aliphatic hydroxyl groups is 1. The fourth-order valence-electron chi connectivity index (χ4n) is 0.949. The van der Waals surface area contributed by atoms with E-state index in [1.165, 1.54) is 25.7 Å². The van der Waals surface area contributed by atoms with Crippen LogP contribution < -0.4 is 0 Å². The van der Waals surface area contributed by atoms with Crippen LogP contribution in [0.2, 0.25) is 8.87 Å². The molecule has 2 radical (unpaired) electrons. The van der Waals surface area contributed by atoms with Crippen LogP contribution in [0.1, 0.15) is 39.5 Å². The number of aliphatic hydroxyl groups excluding tert-OH is 1. The molecule has 0 saturated heterocycles. The Labute approximate surface area is 132 Å². The molecule has 0 aliphatic heterocycles. The molecular weight excluding hydrogens is 375 g/mol. The topological polar surface area (TPSA) is 46.5 Å². The minimum atomic E-state index is -0.712. The Hall–Kier alpha value is 0.929. The standard InChI is InChI=1S/C4H8O3S2.2C4H9.Sn/c5-1-2-7-3(6)4(8)9;2*1-3-4-2;/h4-5,8-9H,1-2H2;2*1,3-4H2,2H3;. The van der Waals surface area contributed by atoms with Crippen molar-refractivity contribution in [3.63, 3.8) is 0 Å². The predicted octanol–water partition coefficient (Wildman–Crippen LogP) is 2.84. The molecule has 108 valence electrons. The number of ether oxygens (including phenoxy) is 1. The summed E-state index contributed by atoms with van der Waals surface area (Å²) in [5.74, 6) is -0.532. The van der Waals surface area contributed by atoms with E-state index >= 15 is 0 Å². The van der Waals surface area contributed by atoms with E-state index in [1.54, 1.807) is 8.87 Å². The Morgan fingerprint density at radius 2 is 1.72 bits per heavy atom. The summed E-state index contributed by atoms with van der Waals surface area (Å²) in [5, 5.41) is 8.17. The molecule has 0 unspecified atom stereocenters. The molecule has 0 fully saturated rings. The molecule has 0 bridgehead atoms. The molecule has 0 aliphatic rings. The Morgan fingerprint density at radius 1 is 1.22 bits per heavy atom. The molecule has 0 aromatic heterocycles. The van der Waals surface area contributed by atoms with Gasteiger partial charge in [-0.15, -0.1) is 0 Å². The van der Waals surface area contributed by atoms with Crippen molar-refractivity contribution >= 4 is 52.4 Å². The number of rotatable bonds is 9. The first-order valence-corrected chi connectivity index (χ1v) is 11.5. The third-order valence-electron chi connectivity index (χ3n) is 1.96. The molecule has 0 aromatic carbocycles. The first kappa shape index (κ1) is 21.2. The molecule has 0 atom stereocenters. The van der Waals surface area contributed by atoms with E-state index in [0.717, 1.165) is 0 Å². The summed E-state index contributed by atoms with van der Waals surface area (Å²) in [6.45, 7) is 4.43. The molecule has 0 saturated carbocycles. The van der Waals surface area contributed by atoms with Crippen LogP contribution in [-0.4, -0.2) is 50.0 Å². The molecule has 0 amide bonds. The molecule has 3 nitrogen and oxygen atoms in total. The van der Waals surface area contributed by atoms with E-state index < -0.39 is 10.6 Å². The molecule has 1 N–H and O–H groups in total. The number of unbranched alkanes of at least 4 members (excludes halogenated alkanes) is 2. The first-order valence-electron chi connectivity index (χ1n) is 6.44. The number of hydrogen-bond acceptors (Lipinski definition) is 5. The summed E-state index contributed by atoms with van der Waals surface area (Å²) in [7, 11) is 0. The van der Waals surface area contributed by atoms with Crippen LogP contribution in [0.3, 0.4) is 0 Å². The van der Waals surface area contributed by atoms with Crippen molar-refractivity contribution in [2.75, 3.05) is 13.2 Å². The smallest absolute Gasteiger partial charge is 0.328 e. The van der Waals surface area contributed by atoms with Gasteiger partial charge in [-0.1, -0.05) is 0 Å². The molecular formula is C12H26O3S2Sn. The van der Waals surface area contributed by atoms with Gasteiger partial charge in [-0.3, -0.25) is 0 Å². The van der Waals surface area contributed by atoms with Crippen molar-refractivity contribution in [1.82, 2.24) is 0 Å². The second kappa shape index (κ2) is 17.9. The molecule has 0 rings (SSSR count). The largest absolute Gasteiger partial charge is 0.462 e. The zero-order chi connectivity index (χ0) is 14.2. The number of thiol groups is 2. The van der Waals surface area contributed by atoms with E-state index in [-0.39, 0.29) is 34.4 Å². The quantitative estimate of drug-likeness (QED) is 0.183. The van der Waals surface area contributed by atoms with E-state index in [2.05, 4.69) is 43.8 Å². The van der Waals surface area contributed by atoms with Crippen LogP contribution >= 0.6 is 25.3 Å². The van der Waals surface area contributed by atoms with Crippen LogP contribution in [0.25, 0.3) is 0 Å². The van der Waals surface area contributed by atoms with Gasteiger partial charge in [0.05, 0.1) is 6.61 Å². The third kappa shape index (κ3) is 19.3. The van der Waals surface area contributed by atoms with Crippen molar-refractivity contribution in [2.45, 2.75) is 53.0 Å². The molecule has 0 aliphatic carbocycles. The Bertz CT molecular complexity index is 175. The SMILES string of the molecule is CCC[CH2][Sn][CH2]CCC.O=C(OCCO)C(S)S. The van der Waals surface area contributed by atoms with Crippen LogP contribution in [-0.2, 0) is 9.53 Å². The van der Waals surface area contributed by atoms with Crippen molar-refractivity contribution < 1.29 is 14.6 Å². The summed E-state index contributed by atoms with van der Waals surface area (Å²) in [5.41, 5.74) is 0. The van der Waals surface area contributed by atoms with Crippen molar-refractivity contribution in [2.24, 2.45) is 0 Å². The fourth-order valence-corrected chi connectivity index (χ4v) is 5.26. The fraction of sp³-hybridized carbons (Fsp3) is 0.917. The first-order chi connectivity index (χ1) is 8.59. The number of carbonyl (C=O) groups excluding carboxylic acids is 1. The second-order valence-electron chi connectivity index (χ2n) is 3.72. The average molecular weight is 401 g/mol. The predicted molar refractivity (Wildman–Crippen MR) is 85.0 cm³/mol. The van der Waals surface area contributed by atoms with Gasteiger partial charge in [0.25, 0.3) is 0 Å². The van der Waals surface area contributed by atoms with E-state index in [0.29, 0.717) is 0 Å². The van der Waals surface area contributed by atoms with Gasteiger partial charge in [0.15, 0.2) is 0 Å². The molecule has 0 aromatic rings. The summed E-state index contributed by atoms with van der Waals surface area (Å²) < 4.78 is 6.95. The number of carbonyl (C=O) groups is 1. The second-order valence-corrected chi connectivity index (χ2v) is 9.44. The van der Waals surface area contributed by atoms with Crippen LogP contribution in [0.15, 0.2) is 0 Å². The number of hydrogen-bond donors (Lipinski definition) is 3. The van der Waals surface area contributed by atoms with Crippen molar-refractivity contribution in [3.8, 4) is 0 Å². The maximum Gasteiger partial charge on any atom is 0.328 e. The van der Waals surface area contributed by atoms with E-state index in [1.807, 2.05) is 0 Å². The molecule has 0 spiro atoms. The zero-order valence-corrected chi connectivity index (χ0v) is 16.0. The number of esters is 1. The van der Waals surface area contributed by atoms with E-state index in [9.17, 15) is 4.79 Å². The normalized spacial score (nSPS) is 9.89. The van der Waals surface area contributed by atoms with Crippen LogP contribution in [0.4, 0.5) is 0 Å². The molecule has 0 heterocycles. The van der Waals surface area contributed by atoms with Gasteiger partial charge in [-0.25, -0.2) is 4.79 Å². The summed E-state index contributed by atoms with van der Waals surface area (Å²) in [6, 6.07) is 0. The van der Waals surface area contributed by atoms with Gasteiger partial charge in [-0.05, 0) is 0 Å². The maximum atomic E-state index is 10.4. The van der Waals surface area contributed by atoms with Crippen LogP contribution in [0, 0.1) is 0 Å². The van der Waals surface area contributed by atoms with Gasteiger partial charge in [-0.2, -0.15) is 25.3 Å². The molecule has 18 heavy (non-hydrogen) atoms. The Kier molecular flexibility index (Phi) is 21.1. The minimum Gasteiger partial charge on any atom is -0.462 e. The van der Waals surface area contributed by atoms with E-state index in [4.69, 9.17) is 5.11 Å². The van der Waals surface area contributed by atoms with Crippen LogP contribution in [0.5, 0.6) is 0 Å². The third-order valence-corrected chi connectivity index (χ3v) is 6.42. The zero-order valence-electron chi connectivity index (χ0n) is 11.4. The van der Waals surface area contributed by atoms with Gasteiger partial charge >= 0.3 is 75.5 Å². The van der Waals surface area contributed by atoms with Gasteiger partial charge in [0, 0.05) is 0 Å². The maximum absolute atomic E-state index is 10.4. The average Bonchev–Trinajstić information content (AvgIpc) is 2.36. The summed E-state index contributed by atoms with van der Waals surface area (Å²) >= 11 is 7.50. The Balaban J connectivity index is 0. The molecule has 6 heteroatoms. The monoisotopic (exact) mass is 402 g/mol. The van der Waals surface area contributed by atoms with Gasteiger partial charge in [0.2, 0.25) is 0 Å². The van der Waals surface area contributed by atoms with Gasteiger partial charge < -0.3 is 9.84 Å².